The van der Waals surface area contributed by atoms with Gasteiger partial charge in [-0.1, -0.05) is 34.8 Å². The summed E-state index contributed by atoms with van der Waals surface area (Å²) in [5.74, 6) is 0. The molecule has 0 unspecified atom stereocenters. The second-order valence-corrected chi connectivity index (χ2v) is 5.21. The van der Waals surface area contributed by atoms with E-state index in [1.165, 1.54) is 6.07 Å². The van der Waals surface area contributed by atoms with Crippen LogP contribution in [0.3, 0.4) is 0 Å². The van der Waals surface area contributed by atoms with Gasteiger partial charge in [0.15, 0.2) is 0 Å². The highest BCUT2D eigenvalue weighted by Gasteiger charge is 2.08. The van der Waals surface area contributed by atoms with Crippen LogP contribution in [0, 0.1) is 0 Å². The van der Waals surface area contributed by atoms with Gasteiger partial charge in [-0.2, -0.15) is 0 Å². The first kappa shape index (κ1) is 14.2. The van der Waals surface area contributed by atoms with Gasteiger partial charge in [0, 0.05) is 26.8 Å². The Hall–Kier alpha value is -1.23. The summed E-state index contributed by atoms with van der Waals surface area (Å²) in [4.78, 5) is 22.1. The number of nitrogens with one attached hydrogen (secondary N) is 2. The standard InChI is InChI=1S/C12H9Cl3N2O2/c13-6-3-9(14)8(10(15)4-6)2-1-7-5-11(18)12(19)17-16-7/h3-5H,1-2H2,(H,16,18)(H,17,19). The van der Waals surface area contributed by atoms with Crippen LogP contribution in [0.25, 0.3) is 0 Å². The molecule has 2 N–H and O–H groups in total. The first-order valence-electron chi connectivity index (χ1n) is 5.41. The van der Waals surface area contributed by atoms with Crippen molar-refractivity contribution in [3.05, 3.63) is 65.1 Å². The van der Waals surface area contributed by atoms with Crippen LogP contribution in [0.15, 0.2) is 27.8 Å². The van der Waals surface area contributed by atoms with Crippen molar-refractivity contribution in [2.75, 3.05) is 0 Å². The third kappa shape index (κ3) is 3.41. The van der Waals surface area contributed by atoms with Crippen molar-refractivity contribution in [1.82, 2.24) is 10.2 Å². The Morgan fingerprint density at radius 3 is 2.11 bits per heavy atom. The summed E-state index contributed by atoms with van der Waals surface area (Å²) in [7, 11) is 0. The van der Waals surface area contributed by atoms with Crippen molar-refractivity contribution in [3.63, 3.8) is 0 Å². The molecule has 1 aromatic heterocycles. The fourth-order valence-electron chi connectivity index (χ4n) is 1.66. The smallest absolute Gasteiger partial charge is 0.302 e. The van der Waals surface area contributed by atoms with Gasteiger partial charge >= 0.3 is 5.56 Å². The molecule has 0 amide bonds. The molecule has 0 saturated carbocycles. The van der Waals surface area contributed by atoms with Crippen molar-refractivity contribution in [2.24, 2.45) is 0 Å². The predicted molar refractivity (Wildman–Crippen MR) is 76.6 cm³/mol. The van der Waals surface area contributed by atoms with Crippen molar-refractivity contribution >= 4 is 34.8 Å². The van der Waals surface area contributed by atoms with Crippen LogP contribution < -0.4 is 11.0 Å². The van der Waals surface area contributed by atoms with Crippen LogP contribution in [0.2, 0.25) is 15.1 Å². The van der Waals surface area contributed by atoms with E-state index in [9.17, 15) is 9.59 Å². The lowest BCUT2D eigenvalue weighted by molar-refractivity contribution is 0.838. The quantitative estimate of drug-likeness (QED) is 0.854. The molecule has 1 aromatic carbocycles. The molecule has 2 aromatic rings. The maximum absolute atomic E-state index is 11.2. The largest absolute Gasteiger partial charge is 0.310 e. The van der Waals surface area contributed by atoms with Crippen LogP contribution in [0.5, 0.6) is 0 Å². The monoisotopic (exact) mass is 318 g/mol. The summed E-state index contributed by atoms with van der Waals surface area (Å²) in [6, 6.07) is 4.48. The van der Waals surface area contributed by atoms with E-state index in [0.717, 1.165) is 5.56 Å². The molecule has 2 rings (SSSR count). The number of halogens is 3. The molecule has 0 fully saturated rings. The zero-order chi connectivity index (χ0) is 14.0. The Bertz CT molecular complexity index is 698. The summed E-state index contributed by atoms with van der Waals surface area (Å²) < 4.78 is 0. The number of aryl methyl sites for hydroxylation is 1. The van der Waals surface area contributed by atoms with E-state index in [1.54, 1.807) is 12.1 Å². The maximum Gasteiger partial charge on any atom is 0.310 e. The van der Waals surface area contributed by atoms with Gasteiger partial charge in [0.1, 0.15) is 0 Å². The molecule has 100 valence electrons. The number of aromatic nitrogens is 2. The number of hydrogen-bond donors (Lipinski definition) is 2. The number of benzene rings is 1. The second kappa shape index (κ2) is 5.82. The Morgan fingerprint density at radius 2 is 1.53 bits per heavy atom. The van der Waals surface area contributed by atoms with Crippen molar-refractivity contribution in [2.45, 2.75) is 12.8 Å². The zero-order valence-corrected chi connectivity index (χ0v) is 11.9. The summed E-state index contributed by atoms with van der Waals surface area (Å²) in [6.07, 6.45) is 1.02. The van der Waals surface area contributed by atoms with Gasteiger partial charge in [-0.05, 0) is 30.5 Å². The molecule has 0 radical (unpaired) electrons. The van der Waals surface area contributed by atoms with E-state index >= 15 is 0 Å². The number of aromatic amines is 2. The van der Waals surface area contributed by atoms with Gasteiger partial charge in [0.2, 0.25) is 5.43 Å². The lowest BCUT2D eigenvalue weighted by Crippen LogP contribution is -2.27. The number of hydrogen-bond acceptors (Lipinski definition) is 2. The first-order valence-corrected chi connectivity index (χ1v) is 6.55. The van der Waals surface area contributed by atoms with Gasteiger partial charge in [-0.25, -0.2) is 0 Å². The van der Waals surface area contributed by atoms with E-state index in [-0.39, 0.29) is 0 Å². The summed E-state index contributed by atoms with van der Waals surface area (Å²) in [6.45, 7) is 0. The molecule has 0 aliphatic carbocycles. The minimum atomic E-state index is -0.675. The SMILES string of the molecule is O=c1cc(CCc2c(Cl)cc(Cl)cc2Cl)[nH][nH]c1=O. The number of rotatable bonds is 3. The molecule has 1 heterocycles. The normalized spacial score (nSPS) is 10.7. The molecular formula is C12H9Cl3N2O2. The van der Waals surface area contributed by atoms with Crippen LogP contribution in [-0.2, 0) is 12.8 Å². The van der Waals surface area contributed by atoms with Crippen LogP contribution >= 0.6 is 34.8 Å². The molecular weight excluding hydrogens is 311 g/mol. The third-order valence-electron chi connectivity index (χ3n) is 2.62. The minimum absolute atomic E-state index is 0.469. The molecule has 19 heavy (non-hydrogen) atoms. The van der Waals surface area contributed by atoms with E-state index in [0.29, 0.717) is 33.6 Å². The summed E-state index contributed by atoms with van der Waals surface area (Å²) in [5.41, 5.74) is 0.0971. The highest BCUT2D eigenvalue weighted by molar-refractivity contribution is 6.39. The average molecular weight is 320 g/mol. The molecule has 0 atom stereocenters. The van der Waals surface area contributed by atoms with Gasteiger partial charge in [-0.3, -0.25) is 14.7 Å². The van der Waals surface area contributed by atoms with Gasteiger partial charge < -0.3 is 5.10 Å². The van der Waals surface area contributed by atoms with E-state index < -0.39 is 11.0 Å². The minimum Gasteiger partial charge on any atom is -0.302 e. The predicted octanol–water partition coefficient (Wildman–Crippen LogP) is 2.81. The fourth-order valence-corrected chi connectivity index (χ4v) is 2.67. The van der Waals surface area contributed by atoms with Crippen LogP contribution in [-0.4, -0.2) is 10.2 Å². The lowest BCUT2D eigenvalue weighted by atomic mass is 10.1. The molecule has 4 nitrogen and oxygen atoms in total. The van der Waals surface area contributed by atoms with Crippen molar-refractivity contribution < 1.29 is 0 Å². The molecule has 7 heteroatoms. The molecule has 0 saturated heterocycles. The van der Waals surface area contributed by atoms with Crippen LogP contribution in [0.1, 0.15) is 11.3 Å². The van der Waals surface area contributed by atoms with Gasteiger partial charge in [-0.15, -0.1) is 0 Å². The van der Waals surface area contributed by atoms with Crippen LogP contribution in [0.4, 0.5) is 0 Å². The maximum atomic E-state index is 11.2. The average Bonchev–Trinajstić information content (AvgIpc) is 2.32. The van der Waals surface area contributed by atoms with E-state index in [2.05, 4.69) is 10.2 Å². The summed E-state index contributed by atoms with van der Waals surface area (Å²) in [5, 5.41) is 6.33. The Morgan fingerprint density at radius 1 is 0.895 bits per heavy atom. The Kier molecular flexibility index (Phi) is 4.34. The first-order chi connectivity index (χ1) is 8.97. The summed E-state index contributed by atoms with van der Waals surface area (Å²) >= 11 is 17.9. The van der Waals surface area contributed by atoms with Gasteiger partial charge in [0.05, 0.1) is 0 Å². The highest BCUT2D eigenvalue weighted by atomic mass is 35.5. The topological polar surface area (TPSA) is 65.7 Å². The van der Waals surface area contributed by atoms with E-state index in [4.69, 9.17) is 34.8 Å². The lowest BCUT2D eigenvalue weighted by Gasteiger charge is -2.07. The molecule has 0 spiro atoms. The van der Waals surface area contributed by atoms with Crippen molar-refractivity contribution in [1.29, 1.82) is 0 Å². The Balaban J connectivity index is 2.21. The van der Waals surface area contributed by atoms with Gasteiger partial charge in [0.25, 0.3) is 0 Å². The van der Waals surface area contributed by atoms with Crippen molar-refractivity contribution in [3.8, 4) is 0 Å². The second-order valence-electron chi connectivity index (χ2n) is 3.96. The number of H-pyrrole nitrogens is 2. The molecule has 0 bridgehead atoms. The molecule has 0 aliphatic rings. The zero-order valence-electron chi connectivity index (χ0n) is 9.60. The molecule has 0 aliphatic heterocycles. The third-order valence-corrected chi connectivity index (χ3v) is 3.51. The fraction of sp³-hybridized carbons (Fsp3) is 0.167. The van der Waals surface area contributed by atoms with E-state index in [1.807, 2.05) is 0 Å². The highest BCUT2D eigenvalue weighted by Crippen LogP contribution is 2.29. The Labute approximate surface area is 123 Å².